The Labute approximate surface area is 126 Å². The molecule has 2 unspecified atom stereocenters. The number of nitrogens with one attached hydrogen (secondary N) is 1. The van der Waals surface area contributed by atoms with E-state index in [1.54, 1.807) is 6.20 Å². The number of aromatic nitrogens is 1. The number of rotatable bonds is 4. The Morgan fingerprint density at radius 3 is 2.71 bits per heavy atom. The lowest BCUT2D eigenvalue weighted by Crippen LogP contribution is -2.40. The summed E-state index contributed by atoms with van der Waals surface area (Å²) < 4.78 is 0. The lowest BCUT2D eigenvalue weighted by molar-refractivity contribution is 0.0930. The highest BCUT2D eigenvalue weighted by atomic mass is 16.1. The van der Waals surface area contributed by atoms with Gasteiger partial charge < -0.3 is 5.32 Å². The number of hydrogen-bond donors (Lipinski definition) is 1. The Balaban J connectivity index is 1.64. The average Bonchev–Trinajstić information content (AvgIpc) is 3.24. The van der Waals surface area contributed by atoms with Gasteiger partial charge >= 0.3 is 0 Å². The lowest BCUT2D eigenvalue weighted by Gasteiger charge is -2.20. The lowest BCUT2D eigenvalue weighted by atomic mass is 10.1. The predicted octanol–water partition coefficient (Wildman–Crippen LogP) is 2.42. The molecule has 4 heteroatoms. The molecule has 2 fully saturated rings. The van der Waals surface area contributed by atoms with Gasteiger partial charge in [-0.1, -0.05) is 6.92 Å². The molecule has 1 amide bonds. The molecule has 1 aromatic rings. The van der Waals surface area contributed by atoms with Crippen LogP contribution in [0.3, 0.4) is 0 Å². The maximum absolute atomic E-state index is 12.4. The molecule has 0 bridgehead atoms. The molecule has 1 saturated carbocycles. The van der Waals surface area contributed by atoms with E-state index in [0.29, 0.717) is 23.4 Å². The van der Waals surface area contributed by atoms with Crippen LogP contribution >= 0.6 is 0 Å². The number of carbonyl (C=O) groups is 1. The second kappa shape index (κ2) is 5.76. The minimum atomic E-state index is 0.0208. The quantitative estimate of drug-likeness (QED) is 0.925. The predicted molar refractivity (Wildman–Crippen MR) is 83.3 cm³/mol. The highest BCUT2D eigenvalue weighted by molar-refractivity contribution is 5.94. The number of likely N-dealkylation sites (tertiary alicyclic amines) is 1. The molecule has 21 heavy (non-hydrogen) atoms. The average molecular weight is 287 g/mol. The molecule has 2 aliphatic rings. The number of carbonyl (C=O) groups excluding carboxylic acids is 1. The first-order valence-electron chi connectivity index (χ1n) is 8.04. The van der Waals surface area contributed by atoms with E-state index in [-0.39, 0.29) is 11.9 Å². The molecule has 3 rings (SSSR count). The fraction of sp³-hybridized carbons (Fsp3) is 0.647. The van der Waals surface area contributed by atoms with Crippen LogP contribution in [-0.2, 0) is 0 Å². The zero-order valence-electron chi connectivity index (χ0n) is 13.2. The molecule has 0 spiro atoms. The summed E-state index contributed by atoms with van der Waals surface area (Å²) >= 11 is 0. The molecule has 1 saturated heterocycles. The van der Waals surface area contributed by atoms with Crippen molar-refractivity contribution < 1.29 is 4.79 Å². The third-order valence-corrected chi connectivity index (χ3v) is 4.76. The van der Waals surface area contributed by atoms with Crippen LogP contribution in [0.25, 0.3) is 0 Å². The minimum Gasteiger partial charge on any atom is -0.348 e. The first-order chi connectivity index (χ1) is 10.0. The van der Waals surface area contributed by atoms with E-state index >= 15 is 0 Å². The Morgan fingerprint density at radius 2 is 2.10 bits per heavy atom. The first kappa shape index (κ1) is 14.5. The molecule has 1 aliphatic heterocycles. The largest absolute Gasteiger partial charge is 0.348 e. The molecule has 0 radical (unpaired) electrons. The fourth-order valence-corrected chi connectivity index (χ4v) is 3.09. The van der Waals surface area contributed by atoms with Gasteiger partial charge in [-0.05, 0) is 50.2 Å². The molecule has 0 aromatic carbocycles. The zero-order valence-corrected chi connectivity index (χ0v) is 13.2. The van der Waals surface area contributed by atoms with Gasteiger partial charge in [0.2, 0.25) is 0 Å². The molecular weight excluding hydrogens is 262 g/mol. The smallest absolute Gasteiger partial charge is 0.253 e. The monoisotopic (exact) mass is 287 g/mol. The van der Waals surface area contributed by atoms with E-state index in [1.807, 2.05) is 12.3 Å². The molecule has 4 nitrogen and oxygen atoms in total. The summed E-state index contributed by atoms with van der Waals surface area (Å²) in [7, 11) is 0. The van der Waals surface area contributed by atoms with E-state index < -0.39 is 0 Å². The highest BCUT2D eigenvalue weighted by Crippen LogP contribution is 2.39. The molecule has 2 atom stereocenters. The van der Waals surface area contributed by atoms with Crippen molar-refractivity contribution in [2.75, 3.05) is 13.1 Å². The third-order valence-electron chi connectivity index (χ3n) is 4.76. The second-order valence-electron chi connectivity index (χ2n) is 6.89. The van der Waals surface area contributed by atoms with Crippen LogP contribution in [-0.4, -0.2) is 41.0 Å². The minimum absolute atomic E-state index is 0.0208. The van der Waals surface area contributed by atoms with Gasteiger partial charge in [0.05, 0.1) is 5.56 Å². The third kappa shape index (κ3) is 3.26. The molecule has 114 valence electrons. The Kier molecular flexibility index (Phi) is 3.98. The van der Waals surface area contributed by atoms with Gasteiger partial charge in [-0.2, -0.15) is 0 Å². The van der Waals surface area contributed by atoms with Crippen LogP contribution in [0.4, 0.5) is 0 Å². The van der Waals surface area contributed by atoms with E-state index in [9.17, 15) is 4.79 Å². The van der Waals surface area contributed by atoms with Gasteiger partial charge in [-0.25, -0.2) is 0 Å². The van der Waals surface area contributed by atoms with Crippen LogP contribution in [0.2, 0.25) is 0 Å². The fourth-order valence-electron chi connectivity index (χ4n) is 3.09. The number of amides is 1. The SMILES string of the molecule is CC1CN(C(C)C)CC1NC(=O)c1cncc(C2CC2)c1. The first-order valence-corrected chi connectivity index (χ1v) is 8.04. The maximum Gasteiger partial charge on any atom is 0.253 e. The zero-order chi connectivity index (χ0) is 15.0. The summed E-state index contributed by atoms with van der Waals surface area (Å²) in [6, 6.07) is 2.79. The van der Waals surface area contributed by atoms with Gasteiger partial charge in [-0.15, -0.1) is 0 Å². The molecule has 1 N–H and O–H groups in total. The molecule has 2 heterocycles. The van der Waals surface area contributed by atoms with Crippen LogP contribution < -0.4 is 5.32 Å². The molecule has 1 aliphatic carbocycles. The summed E-state index contributed by atoms with van der Waals surface area (Å²) in [5, 5.41) is 3.20. The van der Waals surface area contributed by atoms with E-state index in [0.717, 1.165) is 13.1 Å². The normalized spacial score (nSPS) is 26.3. The summed E-state index contributed by atoms with van der Waals surface area (Å²) in [5.41, 5.74) is 1.92. The van der Waals surface area contributed by atoms with Gasteiger partial charge in [0.15, 0.2) is 0 Å². The van der Waals surface area contributed by atoms with Gasteiger partial charge in [-0.3, -0.25) is 14.7 Å². The van der Waals surface area contributed by atoms with Gasteiger partial charge in [0.1, 0.15) is 0 Å². The van der Waals surface area contributed by atoms with Crippen LogP contribution in [0, 0.1) is 5.92 Å². The van der Waals surface area contributed by atoms with Crippen molar-refractivity contribution in [3.63, 3.8) is 0 Å². The number of pyridine rings is 1. The highest BCUT2D eigenvalue weighted by Gasteiger charge is 2.32. The van der Waals surface area contributed by atoms with Gasteiger partial charge in [0.25, 0.3) is 5.91 Å². The topological polar surface area (TPSA) is 45.2 Å². The van der Waals surface area contributed by atoms with Crippen molar-refractivity contribution in [2.45, 2.75) is 51.6 Å². The molecular formula is C17H25N3O. The Hall–Kier alpha value is -1.42. The Bertz CT molecular complexity index is 525. The van der Waals surface area contributed by atoms with Crippen molar-refractivity contribution in [3.05, 3.63) is 29.6 Å². The standard InChI is InChI=1S/C17H25N3O/c1-11(2)20-9-12(3)16(10-20)19-17(21)15-6-14(7-18-8-15)13-4-5-13/h6-8,11-13,16H,4-5,9-10H2,1-3H3,(H,19,21). The number of hydrogen-bond acceptors (Lipinski definition) is 3. The summed E-state index contributed by atoms with van der Waals surface area (Å²) in [4.78, 5) is 19.1. The van der Waals surface area contributed by atoms with Crippen molar-refractivity contribution in [3.8, 4) is 0 Å². The van der Waals surface area contributed by atoms with Crippen molar-refractivity contribution in [1.29, 1.82) is 0 Å². The molecule has 1 aromatic heterocycles. The van der Waals surface area contributed by atoms with Crippen LogP contribution in [0.15, 0.2) is 18.5 Å². The van der Waals surface area contributed by atoms with E-state index in [2.05, 4.69) is 36.0 Å². The van der Waals surface area contributed by atoms with Crippen molar-refractivity contribution in [2.24, 2.45) is 5.92 Å². The van der Waals surface area contributed by atoms with E-state index in [4.69, 9.17) is 0 Å². The van der Waals surface area contributed by atoms with Crippen molar-refractivity contribution in [1.82, 2.24) is 15.2 Å². The van der Waals surface area contributed by atoms with Gasteiger partial charge in [0, 0.05) is 37.6 Å². The van der Waals surface area contributed by atoms with E-state index in [1.165, 1.54) is 18.4 Å². The number of nitrogens with zero attached hydrogens (tertiary/aromatic N) is 2. The summed E-state index contributed by atoms with van der Waals surface area (Å²) in [6.07, 6.45) is 6.04. The van der Waals surface area contributed by atoms with Crippen LogP contribution in [0.5, 0.6) is 0 Å². The summed E-state index contributed by atoms with van der Waals surface area (Å²) in [6.45, 7) is 8.63. The van der Waals surface area contributed by atoms with Crippen molar-refractivity contribution >= 4 is 5.91 Å². The van der Waals surface area contributed by atoms with Crippen LogP contribution in [0.1, 0.15) is 55.5 Å². The maximum atomic E-state index is 12.4. The second-order valence-corrected chi connectivity index (χ2v) is 6.89. The Morgan fingerprint density at radius 1 is 1.33 bits per heavy atom. The summed E-state index contributed by atoms with van der Waals surface area (Å²) in [5.74, 6) is 1.15.